The van der Waals surface area contributed by atoms with E-state index in [4.69, 9.17) is 15.5 Å². The zero-order chi connectivity index (χ0) is 19.4. The van der Waals surface area contributed by atoms with Crippen LogP contribution in [0.2, 0.25) is 0 Å². The van der Waals surface area contributed by atoms with E-state index in [1.807, 2.05) is 36.1 Å². The van der Waals surface area contributed by atoms with Crippen LogP contribution in [0.25, 0.3) is 22.0 Å². The Labute approximate surface area is 163 Å². The average molecular weight is 374 g/mol. The number of ether oxygens (including phenoxy) is 1. The molecule has 1 aromatic carbocycles. The van der Waals surface area contributed by atoms with Crippen LogP contribution in [-0.2, 0) is 6.54 Å². The van der Waals surface area contributed by atoms with Crippen molar-refractivity contribution in [2.75, 3.05) is 12.8 Å². The number of aryl methyl sites for hydroxylation is 1. The lowest BCUT2D eigenvalue weighted by atomic mass is 9.92. The fourth-order valence-corrected chi connectivity index (χ4v) is 4.24. The SMILES string of the molecule is COc1ncc(-c2cccc3c(N)c4c(nc23)CN(C2CCC2)C4=O)cc1C. The van der Waals surface area contributed by atoms with Crippen molar-refractivity contribution in [1.29, 1.82) is 0 Å². The summed E-state index contributed by atoms with van der Waals surface area (Å²) in [7, 11) is 1.61. The molecule has 2 aliphatic rings. The molecule has 1 aliphatic carbocycles. The van der Waals surface area contributed by atoms with Gasteiger partial charge >= 0.3 is 0 Å². The highest BCUT2D eigenvalue weighted by Gasteiger charge is 2.38. The number of carbonyl (C=O) groups excluding carboxylic acids is 1. The highest BCUT2D eigenvalue weighted by Crippen LogP contribution is 2.39. The van der Waals surface area contributed by atoms with Gasteiger partial charge in [-0.2, -0.15) is 0 Å². The first kappa shape index (κ1) is 17.0. The Hall–Kier alpha value is -3.15. The van der Waals surface area contributed by atoms with E-state index in [1.165, 1.54) is 6.42 Å². The third-order valence-corrected chi connectivity index (χ3v) is 5.98. The van der Waals surface area contributed by atoms with E-state index in [9.17, 15) is 4.79 Å². The summed E-state index contributed by atoms with van der Waals surface area (Å²) in [5.41, 5.74) is 12.1. The number of aromatic nitrogens is 2. The second-order valence-corrected chi connectivity index (χ2v) is 7.62. The van der Waals surface area contributed by atoms with Crippen LogP contribution in [0.3, 0.4) is 0 Å². The Balaban J connectivity index is 1.67. The lowest BCUT2D eigenvalue weighted by Gasteiger charge is -2.34. The number of methoxy groups -OCH3 is 1. The molecule has 1 fully saturated rings. The molecule has 6 heteroatoms. The number of para-hydroxylation sites is 1. The molecule has 0 spiro atoms. The molecular weight excluding hydrogens is 352 g/mol. The Kier molecular flexibility index (Phi) is 3.75. The predicted molar refractivity (Wildman–Crippen MR) is 108 cm³/mol. The summed E-state index contributed by atoms with van der Waals surface area (Å²) in [6.45, 7) is 2.52. The molecule has 142 valence electrons. The largest absolute Gasteiger partial charge is 0.481 e. The van der Waals surface area contributed by atoms with E-state index in [2.05, 4.69) is 4.98 Å². The first-order chi connectivity index (χ1) is 13.6. The molecule has 2 aromatic heterocycles. The molecule has 0 saturated heterocycles. The maximum absolute atomic E-state index is 12.9. The van der Waals surface area contributed by atoms with Gasteiger partial charge in [0.2, 0.25) is 5.88 Å². The highest BCUT2D eigenvalue weighted by molar-refractivity contribution is 6.11. The molecule has 0 unspecified atom stereocenters. The monoisotopic (exact) mass is 374 g/mol. The first-order valence-corrected chi connectivity index (χ1v) is 9.61. The zero-order valence-corrected chi connectivity index (χ0v) is 16.0. The Morgan fingerprint density at radius 3 is 2.79 bits per heavy atom. The van der Waals surface area contributed by atoms with Crippen molar-refractivity contribution in [2.24, 2.45) is 0 Å². The van der Waals surface area contributed by atoms with Crippen LogP contribution < -0.4 is 10.5 Å². The van der Waals surface area contributed by atoms with Crippen molar-refractivity contribution in [3.8, 4) is 17.0 Å². The molecular formula is C22H22N4O2. The molecule has 3 heterocycles. The number of hydrogen-bond acceptors (Lipinski definition) is 5. The van der Waals surface area contributed by atoms with Crippen molar-refractivity contribution in [2.45, 2.75) is 38.8 Å². The molecule has 0 radical (unpaired) electrons. The van der Waals surface area contributed by atoms with Crippen molar-refractivity contribution in [1.82, 2.24) is 14.9 Å². The van der Waals surface area contributed by atoms with Gasteiger partial charge in [0.1, 0.15) is 0 Å². The van der Waals surface area contributed by atoms with Crippen molar-refractivity contribution in [3.05, 3.63) is 47.3 Å². The molecule has 1 aliphatic heterocycles. The number of benzene rings is 1. The number of carbonyl (C=O) groups is 1. The van der Waals surface area contributed by atoms with E-state index in [1.54, 1.807) is 13.3 Å². The first-order valence-electron chi connectivity index (χ1n) is 9.61. The van der Waals surface area contributed by atoms with Crippen molar-refractivity contribution < 1.29 is 9.53 Å². The Morgan fingerprint density at radius 2 is 2.11 bits per heavy atom. The number of pyridine rings is 2. The lowest BCUT2D eigenvalue weighted by Crippen LogP contribution is -2.40. The number of nitrogens with zero attached hydrogens (tertiary/aromatic N) is 3. The topological polar surface area (TPSA) is 81.3 Å². The molecule has 2 N–H and O–H groups in total. The number of fused-ring (bicyclic) bond motifs is 2. The van der Waals surface area contributed by atoms with Crippen LogP contribution in [0.15, 0.2) is 30.5 Å². The van der Waals surface area contributed by atoms with Crippen LogP contribution in [0.5, 0.6) is 5.88 Å². The molecule has 28 heavy (non-hydrogen) atoms. The van der Waals surface area contributed by atoms with E-state index in [0.717, 1.165) is 46.1 Å². The van der Waals surface area contributed by atoms with Gasteiger partial charge in [-0.25, -0.2) is 9.97 Å². The maximum atomic E-state index is 12.9. The van der Waals surface area contributed by atoms with Gasteiger partial charge in [-0.05, 0) is 32.3 Å². The second kappa shape index (κ2) is 6.19. The summed E-state index contributed by atoms with van der Waals surface area (Å²) in [5.74, 6) is 0.637. The zero-order valence-electron chi connectivity index (χ0n) is 16.0. The summed E-state index contributed by atoms with van der Waals surface area (Å²) in [4.78, 5) is 24.2. The summed E-state index contributed by atoms with van der Waals surface area (Å²) < 4.78 is 5.28. The van der Waals surface area contributed by atoms with Crippen LogP contribution in [0.1, 0.15) is 40.9 Å². The van der Waals surface area contributed by atoms with Gasteiger partial charge in [-0.15, -0.1) is 0 Å². The molecule has 1 saturated carbocycles. The average Bonchev–Trinajstić information content (AvgIpc) is 2.96. The summed E-state index contributed by atoms with van der Waals surface area (Å²) >= 11 is 0. The second-order valence-electron chi connectivity index (χ2n) is 7.62. The van der Waals surface area contributed by atoms with Gasteiger partial charge in [-0.3, -0.25) is 4.79 Å². The third kappa shape index (κ3) is 2.37. The third-order valence-electron chi connectivity index (χ3n) is 5.98. The number of nitrogen functional groups attached to an aromatic ring is 1. The Morgan fingerprint density at radius 1 is 1.29 bits per heavy atom. The van der Waals surface area contributed by atoms with Gasteiger partial charge in [0, 0.05) is 34.3 Å². The van der Waals surface area contributed by atoms with Crippen LogP contribution >= 0.6 is 0 Å². The summed E-state index contributed by atoms with van der Waals surface area (Å²) in [6.07, 6.45) is 5.11. The number of rotatable bonds is 3. The number of anilines is 1. The van der Waals surface area contributed by atoms with Gasteiger partial charge in [0.25, 0.3) is 5.91 Å². The minimum absolute atomic E-state index is 0.0268. The van der Waals surface area contributed by atoms with Crippen LogP contribution in [-0.4, -0.2) is 33.9 Å². The van der Waals surface area contributed by atoms with Gasteiger partial charge in [0.15, 0.2) is 0 Å². The fraction of sp³-hybridized carbons (Fsp3) is 0.318. The maximum Gasteiger partial charge on any atom is 0.258 e. The van der Waals surface area contributed by atoms with E-state index < -0.39 is 0 Å². The molecule has 1 amide bonds. The molecule has 6 nitrogen and oxygen atoms in total. The van der Waals surface area contributed by atoms with Crippen LogP contribution in [0.4, 0.5) is 5.69 Å². The fourth-order valence-electron chi connectivity index (χ4n) is 4.24. The number of hydrogen-bond donors (Lipinski definition) is 1. The smallest absolute Gasteiger partial charge is 0.258 e. The van der Waals surface area contributed by atoms with E-state index in [-0.39, 0.29) is 5.91 Å². The van der Waals surface area contributed by atoms with Crippen LogP contribution in [0, 0.1) is 6.92 Å². The number of nitrogens with two attached hydrogens (primary N) is 1. The van der Waals surface area contributed by atoms with Gasteiger partial charge < -0.3 is 15.4 Å². The summed E-state index contributed by atoms with van der Waals surface area (Å²) in [6, 6.07) is 8.27. The van der Waals surface area contributed by atoms with E-state index in [0.29, 0.717) is 29.7 Å². The minimum Gasteiger partial charge on any atom is -0.481 e. The van der Waals surface area contributed by atoms with E-state index >= 15 is 0 Å². The molecule has 0 atom stereocenters. The molecule has 3 aromatic rings. The van der Waals surface area contributed by atoms with Gasteiger partial charge in [-0.1, -0.05) is 18.2 Å². The summed E-state index contributed by atoms with van der Waals surface area (Å²) in [5, 5.41) is 0.813. The number of amides is 1. The molecule has 5 rings (SSSR count). The predicted octanol–water partition coefficient (Wildman–Crippen LogP) is 3.70. The standard InChI is InChI=1S/C22H22N4O2/c1-12-9-13(10-24-21(12)28-2)15-7-4-8-16-19(23)18-17(25-20(15)16)11-26(22(18)27)14-5-3-6-14/h4,7-10,14H,3,5-6,11H2,1-2H3,(H2,23,25). The van der Waals surface area contributed by atoms with Gasteiger partial charge in [0.05, 0.1) is 36.1 Å². The molecule has 0 bridgehead atoms. The lowest BCUT2D eigenvalue weighted by molar-refractivity contribution is 0.0606. The normalized spacial score (nSPS) is 16.4. The van der Waals surface area contributed by atoms with Crippen molar-refractivity contribution in [3.63, 3.8) is 0 Å². The highest BCUT2D eigenvalue weighted by atomic mass is 16.5. The minimum atomic E-state index is 0.0268. The Bertz CT molecular complexity index is 1120. The van der Waals surface area contributed by atoms with Crippen molar-refractivity contribution >= 4 is 22.5 Å². The quantitative estimate of drug-likeness (QED) is 0.756.